The van der Waals surface area contributed by atoms with Gasteiger partial charge >= 0.3 is 0 Å². The lowest BCUT2D eigenvalue weighted by Crippen LogP contribution is -2.22. The Morgan fingerprint density at radius 2 is 0.741 bits per heavy atom. The van der Waals surface area contributed by atoms with Crippen LogP contribution >= 0.6 is 0 Å². The largest absolute Gasteiger partial charge is 0.315 e. The normalized spacial score (nSPS) is 16.7. The highest BCUT2D eigenvalue weighted by molar-refractivity contribution is 5.76. The van der Waals surface area contributed by atoms with Crippen LogP contribution in [0, 0.1) is 0 Å². The maximum Gasteiger partial charge on any atom is 0.0458 e. The van der Waals surface area contributed by atoms with Crippen LogP contribution in [-0.2, 0) is 0 Å². The van der Waals surface area contributed by atoms with Crippen LogP contribution in [0.2, 0.25) is 0 Å². The molecule has 266 valence electrons. The highest BCUT2D eigenvalue weighted by atomic mass is 15.2. The Morgan fingerprint density at radius 3 is 1.06 bits per heavy atom. The Balaban J connectivity index is 0.892. The minimum absolute atomic E-state index is 1.06. The summed E-state index contributed by atoms with van der Waals surface area (Å²) in [7, 11) is 0. The van der Waals surface area contributed by atoms with E-state index in [-0.39, 0.29) is 0 Å². The second kappa shape index (κ2) is 17.1. The Hall–Kier alpha value is -6.12. The van der Waals surface area contributed by atoms with E-state index in [9.17, 15) is 0 Å². The molecule has 2 nitrogen and oxygen atoms in total. The molecule has 54 heavy (non-hydrogen) atoms. The number of anilines is 2. The van der Waals surface area contributed by atoms with E-state index < -0.39 is 0 Å². The van der Waals surface area contributed by atoms with E-state index in [0.29, 0.717) is 0 Å². The standard InChI is InChI=1S/C52H48N2/c1-5-13-47(14-6-1)53(48-15-7-2-8-16-48)51-37-29-43(30-38-51)23-21-41-25-33-45(34-26-41)46-35-27-42(28-36-46)22-24-44-31-39-52(40-32-44)54(49-17-9-3-10-18-49)50-19-11-4-12-20-50/h1,3,5,7,9,11,13,15-17,19-40H,2,4,6,8,10,12,14,18H2. The maximum absolute atomic E-state index is 2.42. The summed E-state index contributed by atoms with van der Waals surface area (Å²) in [6.07, 6.45) is 44.7. The third kappa shape index (κ3) is 8.56. The first-order chi connectivity index (χ1) is 26.8. The second-order valence-corrected chi connectivity index (χ2v) is 14.2. The first kappa shape index (κ1) is 34.9. The van der Waals surface area contributed by atoms with Gasteiger partial charge in [0.15, 0.2) is 0 Å². The monoisotopic (exact) mass is 700 g/mol. The van der Waals surface area contributed by atoms with E-state index in [1.54, 1.807) is 0 Å². The van der Waals surface area contributed by atoms with Crippen molar-refractivity contribution in [3.05, 3.63) is 215 Å². The molecule has 0 saturated carbocycles. The lowest BCUT2D eigenvalue weighted by Gasteiger charge is -2.30. The molecule has 4 aliphatic carbocycles. The van der Waals surface area contributed by atoms with Gasteiger partial charge in [-0.1, -0.05) is 146 Å². The van der Waals surface area contributed by atoms with Gasteiger partial charge in [-0.25, -0.2) is 0 Å². The molecule has 0 atom stereocenters. The van der Waals surface area contributed by atoms with E-state index in [1.807, 2.05) is 0 Å². The molecule has 0 bridgehead atoms. The molecule has 0 spiro atoms. The third-order valence-electron chi connectivity index (χ3n) is 10.4. The van der Waals surface area contributed by atoms with Gasteiger partial charge in [0.2, 0.25) is 0 Å². The lowest BCUT2D eigenvalue weighted by molar-refractivity contribution is 0.887. The number of nitrogens with zero attached hydrogens (tertiary/aromatic N) is 2. The van der Waals surface area contributed by atoms with E-state index >= 15 is 0 Å². The summed E-state index contributed by atoms with van der Waals surface area (Å²) in [5.74, 6) is 0. The van der Waals surface area contributed by atoms with Gasteiger partial charge in [-0.2, -0.15) is 0 Å². The van der Waals surface area contributed by atoms with Crippen LogP contribution in [0.5, 0.6) is 0 Å². The van der Waals surface area contributed by atoms with Gasteiger partial charge in [-0.05, 0) is 133 Å². The zero-order valence-corrected chi connectivity index (χ0v) is 31.0. The first-order valence-electron chi connectivity index (χ1n) is 19.6. The van der Waals surface area contributed by atoms with Crippen molar-refractivity contribution < 1.29 is 0 Å². The molecule has 0 saturated heterocycles. The SMILES string of the molecule is C1=CCCC(N(C2=CCCC=C2)c2ccc(C=Cc3ccc(-c4ccc(C=Cc5ccc(N(C6=CCCC=C6)C6=CC=CCC6)cc5)cc4)cc3)cc2)=C1. The summed E-state index contributed by atoms with van der Waals surface area (Å²) >= 11 is 0. The average molecular weight is 701 g/mol. The van der Waals surface area contributed by atoms with Crippen molar-refractivity contribution in [1.29, 1.82) is 0 Å². The first-order valence-corrected chi connectivity index (χ1v) is 19.6. The molecule has 4 aliphatic rings. The fourth-order valence-electron chi connectivity index (χ4n) is 7.47. The summed E-state index contributed by atoms with van der Waals surface area (Å²) in [6.45, 7) is 0. The predicted molar refractivity (Wildman–Crippen MR) is 233 cm³/mol. The van der Waals surface area contributed by atoms with Gasteiger partial charge in [0.1, 0.15) is 0 Å². The van der Waals surface area contributed by atoms with Gasteiger partial charge in [0.25, 0.3) is 0 Å². The number of rotatable bonds is 11. The zero-order valence-electron chi connectivity index (χ0n) is 31.0. The molecule has 0 unspecified atom stereocenters. The van der Waals surface area contributed by atoms with Crippen LogP contribution in [0.4, 0.5) is 11.4 Å². The van der Waals surface area contributed by atoms with Crippen molar-refractivity contribution in [2.45, 2.75) is 51.4 Å². The van der Waals surface area contributed by atoms with Crippen molar-refractivity contribution in [2.75, 3.05) is 9.80 Å². The van der Waals surface area contributed by atoms with E-state index in [4.69, 9.17) is 0 Å². The summed E-state index contributed by atoms with van der Waals surface area (Å²) in [6, 6.07) is 35.5. The topological polar surface area (TPSA) is 6.48 Å². The molecular formula is C52H48N2. The molecule has 0 N–H and O–H groups in total. The Labute approximate surface area is 321 Å². The highest BCUT2D eigenvalue weighted by Crippen LogP contribution is 2.33. The van der Waals surface area contributed by atoms with E-state index in [1.165, 1.54) is 67.5 Å². The zero-order chi connectivity index (χ0) is 36.4. The summed E-state index contributed by atoms with van der Waals surface area (Å²) < 4.78 is 0. The van der Waals surface area contributed by atoms with Crippen molar-refractivity contribution in [2.24, 2.45) is 0 Å². The predicted octanol–water partition coefficient (Wildman–Crippen LogP) is 14.2. The summed E-state index contributed by atoms with van der Waals surface area (Å²) in [4.78, 5) is 4.84. The molecule has 0 fully saturated rings. The van der Waals surface area contributed by atoms with Crippen molar-refractivity contribution in [1.82, 2.24) is 0 Å². The smallest absolute Gasteiger partial charge is 0.0458 e. The quantitative estimate of drug-likeness (QED) is 0.144. The van der Waals surface area contributed by atoms with Gasteiger partial charge < -0.3 is 9.80 Å². The average Bonchev–Trinajstić information content (AvgIpc) is 3.25. The fraction of sp³-hybridized carbons (Fsp3) is 0.154. The maximum atomic E-state index is 2.42. The van der Waals surface area contributed by atoms with E-state index in [0.717, 1.165) is 51.4 Å². The number of hydrogen-bond donors (Lipinski definition) is 0. The third-order valence-corrected chi connectivity index (χ3v) is 10.4. The summed E-state index contributed by atoms with van der Waals surface area (Å²) in [5.41, 5.74) is 14.9. The number of allylic oxidation sites excluding steroid dienone is 14. The van der Waals surface area contributed by atoms with Gasteiger partial charge in [0.05, 0.1) is 0 Å². The van der Waals surface area contributed by atoms with Crippen LogP contribution in [0.3, 0.4) is 0 Å². The molecule has 0 heterocycles. The van der Waals surface area contributed by atoms with Gasteiger partial charge in [0, 0.05) is 34.2 Å². The Morgan fingerprint density at radius 1 is 0.370 bits per heavy atom. The Kier molecular flexibility index (Phi) is 11.1. The number of benzene rings is 4. The molecule has 4 aromatic carbocycles. The van der Waals surface area contributed by atoms with Crippen LogP contribution in [0.15, 0.2) is 193 Å². The highest BCUT2D eigenvalue weighted by Gasteiger charge is 2.18. The Bertz CT molecular complexity index is 2060. The molecule has 4 aromatic rings. The van der Waals surface area contributed by atoms with Crippen LogP contribution in [0.1, 0.15) is 73.6 Å². The van der Waals surface area contributed by atoms with Crippen molar-refractivity contribution >= 4 is 35.7 Å². The van der Waals surface area contributed by atoms with Crippen LogP contribution < -0.4 is 9.80 Å². The number of hydrogen-bond acceptors (Lipinski definition) is 2. The molecule has 8 rings (SSSR count). The second-order valence-electron chi connectivity index (χ2n) is 14.2. The minimum Gasteiger partial charge on any atom is -0.315 e. The van der Waals surface area contributed by atoms with Crippen LogP contribution in [-0.4, -0.2) is 0 Å². The molecule has 2 heteroatoms. The molecular weight excluding hydrogens is 653 g/mol. The minimum atomic E-state index is 1.06. The molecule has 0 radical (unpaired) electrons. The lowest BCUT2D eigenvalue weighted by atomic mass is 10.0. The van der Waals surface area contributed by atoms with Crippen LogP contribution in [0.25, 0.3) is 35.4 Å². The van der Waals surface area contributed by atoms with Gasteiger partial charge in [-0.3, -0.25) is 0 Å². The molecule has 0 aromatic heterocycles. The van der Waals surface area contributed by atoms with E-state index in [2.05, 4.69) is 204 Å². The molecule has 0 amide bonds. The van der Waals surface area contributed by atoms with Crippen molar-refractivity contribution in [3.8, 4) is 11.1 Å². The van der Waals surface area contributed by atoms with Crippen molar-refractivity contribution in [3.63, 3.8) is 0 Å². The fourth-order valence-corrected chi connectivity index (χ4v) is 7.47. The summed E-state index contributed by atoms with van der Waals surface area (Å²) in [5, 5.41) is 0. The van der Waals surface area contributed by atoms with Gasteiger partial charge in [-0.15, -0.1) is 0 Å². The molecule has 0 aliphatic heterocycles.